The third-order valence-corrected chi connectivity index (χ3v) is 3.17. The smallest absolute Gasteiger partial charge is 0.194 e. The zero-order chi connectivity index (χ0) is 15.6. The Morgan fingerprint density at radius 2 is 1.67 bits per heavy atom. The molecule has 1 heterocycles. The molecule has 0 aliphatic rings. The van der Waals surface area contributed by atoms with Gasteiger partial charge in [0.05, 0.1) is 0 Å². The molecule has 1 N–H and O–H groups in total. The summed E-state index contributed by atoms with van der Waals surface area (Å²) in [5.74, 6) is -3.21. The first-order chi connectivity index (χ1) is 9.97. The molecular formula is C15H16F3N3. The average molecular weight is 295 g/mol. The molecule has 0 bridgehead atoms. The minimum absolute atomic E-state index is 0.111. The lowest BCUT2D eigenvalue weighted by Gasteiger charge is -2.12. The number of aryl methyl sites for hydroxylation is 1. The lowest BCUT2D eigenvalue weighted by Crippen LogP contribution is -2.08. The number of anilines is 1. The zero-order valence-corrected chi connectivity index (χ0v) is 12.1. The Hall–Kier alpha value is -2.11. The van der Waals surface area contributed by atoms with Crippen molar-refractivity contribution in [1.82, 2.24) is 9.97 Å². The van der Waals surface area contributed by atoms with E-state index in [1.54, 1.807) is 0 Å². The van der Waals surface area contributed by atoms with Gasteiger partial charge < -0.3 is 5.32 Å². The Kier molecular flexibility index (Phi) is 4.45. The summed E-state index contributed by atoms with van der Waals surface area (Å²) in [6, 6.07) is 1.80. The standard InChI is InChI=1S/C15H16F3N3/c1-4-12-8(3)14(19-5-2)21-15(20-12)9-6-10(16)13(18)11(17)7-9/h6-7H,4-5H2,1-3H3,(H,19,20,21). The van der Waals surface area contributed by atoms with Gasteiger partial charge in [-0.1, -0.05) is 6.92 Å². The highest BCUT2D eigenvalue weighted by molar-refractivity contribution is 5.60. The summed E-state index contributed by atoms with van der Waals surface area (Å²) in [6.07, 6.45) is 0.659. The largest absolute Gasteiger partial charge is 0.370 e. The molecule has 0 unspecified atom stereocenters. The Morgan fingerprint density at radius 1 is 1.05 bits per heavy atom. The molecule has 0 radical (unpaired) electrons. The minimum Gasteiger partial charge on any atom is -0.370 e. The fourth-order valence-electron chi connectivity index (χ4n) is 2.06. The van der Waals surface area contributed by atoms with Gasteiger partial charge in [0.15, 0.2) is 23.3 Å². The Morgan fingerprint density at radius 3 is 2.19 bits per heavy atom. The van der Waals surface area contributed by atoms with Crippen molar-refractivity contribution in [2.45, 2.75) is 27.2 Å². The first-order valence-corrected chi connectivity index (χ1v) is 6.74. The molecule has 1 aromatic carbocycles. The maximum Gasteiger partial charge on any atom is 0.194 e. The molecule has 0 saturated heterocycles. The van der Waals surface area contributed by atoms with Gasteiger partial charge in [-0.25, -0.2) is 23.1 Å². The third kappa shape index (κ3) is 2.99. The molecule has 3 nitrogen and oxygen atoms in total. The molecule has 0 aliphatic heterocycles. The van der Waals surface area contributed by atoms with Crippen LogP contribution in [0.4, 0.5) is 19.0 Å². The second-order valence-corrected chi connectivity index (χ2v) is 4.61. The van der Waals surface area contributed by atoms with Gasteiger partial charge >= 0.3 is 0 Å². The summed E-state index contributed by atoms with van der Waals surface area (Å²) in [7, 11) is 0. The molecule has 1 aromatic heterocycles. The van der Waals surface area contributed by atoms with Crippen LogP contribution < -0.4 is 5.32 Å². The average Bonchev–Trinajstić information content (AvgIpc) is 2.46. The van der Waals surface area contributed by atoms with Gasteiger partial charge in [-0.3, -0.25) is 0 Å². The Labute approximate surface area is 121 Å². The van der Waals surface area contributed by atoms with E-state index in [9.17, 15) is 13.2 Å². The molecule has 0 amide bonds. The van der Waals surface area contributed by atoms with Crippen LogP contribution >= 0.6 is 0 Å². The van der Waals surface area contributed by atoms with E-state index in [1.807, 2.05) is 20.8 Å². The van der Waals surface area contributed by atoms with Crippen molar-refractivity contribution in [3.8, 4) is 11.4 Å². The predicted octanol–water partition coefficient (Wildman–Crippen LogP) is 3.86. The summed E-state index contributed by atoms with van der Waals surface area (Å²) in [6.45, 7) is 6.39. The van der Waals surface area contributed by atoms with E-state index in [2.05, 4.69) is 15.3 Å². The number of rotatable bonds is 4. The molecule has 0 fully saturated rings. The van der Waals surface area contributed by atoms with Crippen LogP contribution in [0, 0.1) is 24.4 Å². The van der Waals surface area contributed by atoms with Crippen LogP contribution in [0.1, 0.15) is 25.1 Å². The zero-order valence-electron chi connectivity index (χ0n) is 12.1. The maximum absolute atomic E-state index is 13.3. The van der Waals surface area contributed by atoms with Crippen LogP contribution in [0.5, 0.6) is 0 Å². The summed E-state index contributed by atoms with van der Waals surface area (Å²) >= 11 is 0. The molecule has 0 spiro atoms. The monoisotopic (exact) mass is 295 g/mol. The molecule has 2 rings (SSSR count). The number of hydrogen-bond acceptors (Lipinski definition) is 3. The Balaban J connectivity index is 2.60. The predicted molar refractivity (Wildman–Crippen MR) is 75.6 cm³/mol. The maximum atomic E-state index is 13.3. The summed E-state index contributed by atoms with van der Waals surface area (Å²) in [4.78, 5) is 8.58. The van der Waals surface area contributed by atoms with Gasteiger partial charge in [0.25, 0.3) is 0 Å². The van der Waals surface area contributed by atoms with Crippen molar-refractivity contribution in [3.63, 3.8) is 0 Å². The van der Waals surface area contributed by atoms with Crippen LogP contribution in [0.3, 0.4) is 0 Å². The van der Waals surface area contributed by atoms with Gasteiger partial charge in [-0.2, -0.15) is 0 Å². The van der Waals surface area contributed by atoms with Crippen molar-refractivity contribution < 1.29 is 13.2 Å². The fourth-order valence-corrected chi connectivity index (χ4v) is 2.06. The first kappa shape index (κ1) is 15.3. The van der Waals surface area contributed by atoms with Crippen molar-refractivity contribution in [1.29, 1.82) is 0 Å². The summed E-state index contributed by atoms with van der Waals surface area (Å²) in [5, 5.41) is 3.09. The molecule has 0 aliphatic carbocycles. The van der Waals surface area contributed by atoms with E-state index < -0.39 is 17.5 Å². The second-order valence-electron chi connectivity index (χ2n) is 4.61. The highest BCUT2D eigenvalue weighted by Gasteiger charge is 2.15. The topological polar surface area (TPSA) is 37.8 Å². The van der Waals surface area contributed by atoms with Crippen molar-refractivity contribution in [2.75, 3.05) is 11.9 Å². The molecule has 6 heteroatoms. The quantitative estimate of drug-likeness (QED) is 0.870. The van der Waals surface area contributed by atoms with E-state index in [0.717, 1.165) is 23.4 Å². The normalized spacial score (nSPS) is 10.8. The van der Waals surface area contributed by atoms with Gasteiger partial charge in [0.2, 0.25) is 0 Å². The number of benzene rings is 1. The molecule has 2 aromatic rings. The highest BCUT2D eigenvalue weighted by Crippen LogP contribution is 2.25. The van der Waals surface area contributed by atoms with E-state index in [1.165, 1.54) is 0 Å². The van der Waals surface area contributed by atoms with E-state index in [4.69, 9.17) is 0 Å². The number of halogens is 3. The van der Waals surface area contributed by atoms with Gasteiger partial charge in [0, 0.05) is 23.4 Å². The lowest BCUT2D eigenvalue weighted by atomic mass is 10.1. The molecular weight excluding hydrogens is 279 g/mol. The van der Waals surface area contributed by atoms with Crippen LogP contribution in [-0.2, 0) is 6.42 Å². The number of nitrogens with one attached hydrogen (secondary N) is 1. The molecule has 112 valence electrons. The van der Waals surface area contributed by atoms with Crippen molar-refractivity contribution in [3.05, 3.63) is 40.8 Å². The van der Waals surface area contributed by atoms with E-state index >= 15 is 0 Å². The van der Waals surface area contributed by atoms with Crippen LogP contribution in [0.15, 0.2) is 12.1 Å². The third-order valence-electron chi connectivity index (χ3n) is 3.17. The summed E-state index contributed by atoms with van der Waals surface area (Å²) in [5.41, 5.74) is 1.78. The van der Waals surface area contributed by atoms with E-state index in [0.29, 0.717) is 18.8 Å². The number of aromatic nitrogens is 2. The fraction of sp³-hybridized carbons (Fsp3) is 0.333. The van der Waals surface area contributed by atoms with Gasteiger partial charge in [-0.15, -0.1) is 0 Å². The van der Waals surface area contributed by atoms with Crippen molar-refractivity contribution in [2.24, 2.45) is 0 Å². The number of nitrogens with zero attached hydrogens (tertiary/aromatic N) is 2. The lowest BCUT2D eigenvalue weighted by molar-refractivity contribution is 0.447. The number of hydrogen-bond donors (Lipinski definition) is 1. The molecule has 21 heavy (non-hydrogen) atoms. The second kappa shape index (κ2) is 6.11. The summed E-state index contributed by atoms with van der Waals surface area (Å²) < 4.78 is 39.7. The van der Waals surface area contributed by atoms with Crippen LogP contribution in [0.2, 0.25) is 0 Å². The van der Waals surface area contributed by atoms with Crippen molar-refractivity contribution >= 4 is 5.82 Å². The molecule has 0 atom stereocenters. The minimum atomic E-state index is -1.49. The SMILES string of the molecule is CCNc1nc(-c2cc(F)c(F)c(F)c2)nc(CC)c1C. The Bertz CT molecular complexity index is 648. The van der Waals surface area contributed by atoms with Crippen LogP contribution in [0.25, 0.3) is 11.4 Å². The van der Waals surface area contributed by atoms with E-state index in [-0.39, 0.29) is 11.4 Å². The molecule has 0 saturated carbocycles. The highest BCUT2D eigenvalue weighted by atomic mass is 19.2. The first-order valence-electron chi connectivity index (χ1n) is 6.74. The van der Waals surface area contributed by atoms with Gasteiger partial charge in [0.1, 0.15) is 5.82 Å². The van der Waals surface area contributed by atoms with Gasteiger partial charge in [-0.05, 0) is 32.4 Å². The van der Waals surface area contributed by atoms with Crippen LogP contribution in [-0.4, -0.2) is 16.5 Å².